The second kappa shape index (κ2) is 5.80. The number of amides is 1. The normalized spacial score (nSPS) is 9.90. The topological polar surface area (TPSA) is 52.9 Å². The van der Waals surface area contributed by atoms with Crippen molar-refractivity contribution in [3.8, 4) is 6.07 Å². The summed E-state index contributed by atoms with van der Waals surface area (Å²) in [6.45, 7) is 0. The van der Waals surface area contributed by atoms with Crippen molar-refractivity contribution >= 4 is 27.5 Å². The van der Waals surface area contributed by atoms with E-state index in [0.717, 1.165) is 6.07 Å². The van der Waals surface area contributed by atoms with Gasteiger partial charge in [0.1, 0.15) is 17.7 Å². The van der Waals surface area contributed by atoms with Crippen LogP contribution in [0.1, 0.15) is 15.9 Å². The van der Waals surface area contributed by atoms with Crippen LogP contribution in [0, 0.1) is 23.0 Å². The summed E-state index contributed by atoms with van der Waals surface area (Å²) in [6, 6.07) is 9.52. The molecule has 0 bridgehead atoms. The van der Waals surface area contributed by atoms with Crippen molar-refractivity contribution in [3.63, 3.8) is 0 Å². The molecule has 0 saturated heterocycles. The van der Waals surface area contributed by atoms with Crippen LogP contribution in [0.2, 0.25) is 0 Å². The molecule has 2 aromatic carbocycles. The van der Waals surface area contributed by atoms with E-state index in [9.17, 15) is 13.6 Å². The van der Waals surface area contributed by atoms with E-state index in [1.165, 1.54) is 30.3 Å². The van der Waals surface area contributed by atoms with Crippen molar-refractivity contribution in [2.45, 2.75) is 0 Å². The van der Waals surface area contributed by atoms with Crippen LogP contribution < -0.4 is 5.32 Å². The van der Waals surface area contributed by atoms with Crippen molar-refractivity contribution in [2.75, 3.05) is 5.32 Å². The van der Waals surface area contributed by atoms with Gasteiger partial charge in [0.25, 0.3) is 5.91 Å². The van der Waals surface area contributed by atoms with Gasteiger partial charge >= 0.3 is 0 Å². The van der Waals surface area contributed by atoms with E-state index >= 15 is 0 Å². The minimum absolute atomic E-state index is 0.151. The number of hydrogen-bond acceptors (Lipinski definition) is 2. The first kappa shape index (κ1) is 14.2. The lowest BCUT2D eigenvalue weighted by Crippen LogP contribution is -2.14. The van der Waals surface area contributed by atoms with Gasteiger partial charge in [-0.3, -0.25) is 4.79 Å². The largest absolute Gasteiger partial charge is 0.322 e. The molecule has 0 fully saturated rings. The molecule has 0 aliphatic heterocycles. The summed E-state index contributed by atoms with van der Waals surface area (Å²) in [5, 5.41) is 11.1. The highest BCUT2D eigenvalue weighted by Crippen LogP contribution is 2.20. The zero-order chi connectivity index (χ0) is 14.7. The van der Waals surface area contributed by atoms with Crippen molar-refractivity contribution < 1.29 is 13.6 Å². The molecule has 3 nitrogen and oxygen atoms in total. The first-order chi connectivity index (χ1) is 9.52. The Balaban J connectivity index is 2.29. The predicted molar refractivity (Wildman–Crippen MR) is 73.2 cm³/mol. The molecule has 2 rings (SSSR count). The molecule has 6 heteroatoms. The molecule has 20 heavy (non-hydrogen) atoms. The first-order valence-corrected chi connectivity index (χ1v) is 6.27. The van der Waals surface area contributed by atoms with Gasteiger partial charge in [0, 0.05) is 5.69 Å². The molecule has 0 atom stereocenters. The minimum atomic E-state index is -0.687. The SMILES string of the molecule is N#Cc1cc(NC(=O)c2cccc(Br)c2F)ccc1F. The Morgan fingerprint density at radius 3 is 2.70 bits per heavy atom. The highest BCUT2D eigenvalue weighted by atomic mass is 79.9. The van der Waals surface area contributed by atoms with Gasteiger partial charge in [-0.1, -0.05) is 6.07 Å². The van der Waals surface area contributed by atoms with Gasteiger partial charge in [-0.25, -0.2) is 8.78 Å². The lowest BCUT2D eigenvalue weighted by atomic mass is 10.1. The van der Waals surface area contributed by atoms with E-state index in [-0.39, 0.29) is 21.3 Å². The summed E-state index contributed by atoms with van der Waals surface area (Å²) in [7, 11) is 0. The number of carbonyl (C=O) groups is 1. The van der Waals surface area contributed by atoms with Crippen LogP contribution in [0.15, 0.2) is 40.9 Å². The predicted octanol–water partition coefficient (Wildman–Crippen LogP) is 3.85. The van der Waals surface area contributed by atoms with E-state index in [2.05, 4.69) is 21.2 Å². The third-order valence-electron chi connectivity index (χ3n) is 2.54. The van der Waals surface area contributed by atoms with E-state index < -0.39 is 17.5 Å². The van der Waals surface area contributed by atoms with Crippen LogP contribution in [0.3, 0.4) is 0 Å². The summed E-state index contributed by atoms with van der Waals surface area (Å²) in [6.07, 6.45) is 0. The zero-order valence-electron chi connectivity index (χ0n) is 9.95. The maximum atomic E-state index is 13.7. The van der Waals surface area contributed by atoms with Crippen LogP contribution >= 0.6 is 15.9 Å². The Morgan fingerprint density at radius 1 is 1.25 bits per heavy atom. The van der Waals surface area contributed by atoms with Crippen LogP contribution in [0.25, 0.3) is 0 Å². The highest BCUT2D eigenvalue weighted by Gasteiger charge is 2.14. The number of carbonyl (C=O) groups excluding carboxylic acids is 1. The van der Waals surface area contributed by atoms with Gasteiger partial charge in [-0.05, 0) is 46.3 Å². The third kappa shape index (κ3) is 2.83. The van der Waals surface area contributed by atoms with Crippen LogP contribution in [-0.2, 0) is 0 Å². The van der Waals surface area contributed by atoms with Gasteiger partial charge in [0.15, 0.2) is 0 Å². The number of halogens is 3. The number of rotatable bonds is 2. The molecule has 1 N–H and O–H groups in total. The fourth-order valence-electron chi connectivity index (χ4n) is 1.57. The van der Waals surface area contributed by atoms with Crippen molar-refractivity contribution in [1.29, 1.82) is 5.26 Å². The summed E-state index contributed by atoms with van der Waals surface area (Å²) < 4.78 is 27.1. The lowest BCUT2D eigenvalue weighted by molar-refractivity contribution is 0.102. The fraction of sp³-hybridized carbons (Fsp3) is 0. The second-order valence-electron chi connectivity index (χ2n) is 3.86. The fourth-order valence-corrected chi connectivity index (χ4v) is 1.93. The monoisotopic (exact) mass is 336 g/mol. The Bertz CT molecular complexity index is 726. The third-order valence-corrected chi connectivity index (χ3v) is 3.15. The molecule has 0 saturated carbocycles. The molecule has 0 aromatic heterocycles. The summed E-state index contributed by atoms with van der Waals surface area (Å²) in [4.78, 5) is 11.9. The molecule has 0 aliphatic carbocycles. The molecule has 0 aliphatic rings. The van der Waals surface area contributed by atoms with Crippen LogP contribution in [0.5, 0.6) is 0 Å². The van der Waals surface area contributed by atoms with Gasteiger partial charge < -0.3 is 5.32 Å². The molecule has 0 radical (unpaired) electrons. The molecule has 0 spiro atoms. The molecular formula is C14H7BrF2N2O. The summed E-state index contributed by atoms with van der Waals surface area (Å²) in [5.41, 5.74) is -0.132. The molecule has 2 aromatic rings. The van der Waals surface area contributed by atoms with Gasteiger partial charge in [0.2, 0.25) is 0 Å². The molecular weight excluding hydrogens is 330 g/mol. The van der Waals surface area contributed by atoms with Crippen molar-refractivity contribution in [3.05, 3.63) is 63.6 Å². The Hall–Kier alpha value is -2.26. The number of nitrogens with zero attached hydrogens (tertiary/aromatic N) is 1. The Labute approximate surface area is 122 Å². The maximum Gasteiger partial charge on any atom is 0.258 e. The molecule has 0 heterocycles. The summed E-state index contributed by atoms with van der Waals surface area (Å²) in [5.74, 6) is -2.05. The Morgan fingerprint density at radius 2 is 2.00 bits per heavy atom. The van der Waals surface area contributed by atoms with E-state index in [1.54, 1.807) is 6.07 Å². The standard InChI is InChI=1S/C14H7BrF2N2O/c15-11-3-1-2-10(13(11)17)14(20)19-9-4-5-12(16)8(6-9)7-18/h1-6H,(H,19,20). The Kier molecular flexibility index (Phi) is 4.11. The number of hydrogen-bond donors (Lipinski definition) is 1. The molecule has 100 valence electrons. The average Bonchev–Trinajstić information content (AvgIpc) is 2.43. The van der Waals surface area contributed by atoms with Crippen molar-refractivity contribution in [2.24, 2.45) is 0 Å². The van der Waals surface area contributed by atoms with Gasteiger partial charge in [-0.2, -0.15) is 5.26 Å². The van der Waals surface area contributed by atoms with Crippen molar-refractivity contribution in [1.82, 2.24) is 0 Å². The van der Waals surface area contributed by atoms with Gasteiger partial charge in [0.05, 0.1) is 15.6 Å². The summed E-state index contributed by atoms with van der Waals surface area (Å²) >= 11 is 2.98. The number of anilines is 1. The number of nitrogens with one attached hydrogen (secondary N) is 1. The molecule has 0 unspecified atom stereocenters. The van der Waals surface area contributed by atoms with E-state index in [0.29, 0.717) is 0 Å². The number of benzene rings is 2. The van der Waals surface area contributed by atoms with Crippen LogP contribution in [0.4, 0.5) is 14.5 Å². The minimum Gasteiger partial charge on any atom is -0.322 e. The van der Waals surface area contributed by atoms with E-state index in [1.807, 2.05) is 0 Å². The highest BCUT2D eigenvalue weighted by molar-refractivity contribution is 9.10. The lowest BCUT2D eigenvalue weighted by Gasteiger charge is -2.07. The van der Waals surface area contributed by atoms with Gasteiger partial charge in [-0.15, -0.1) is 0 Å². The maximum absolute atomic E-state index is 13.7. The second-order valence-corrected chi connectivity index (χ2v) is 4.72. The first-order valence-electron chi connectivity index (χ1n) is 5.48. The van der Waals surface area contributed by atoms with Crippen LogP contribution in [-0.4, -0.2) is 5.91 Å². The smallest absolute Gasteiger partial charge is 0.258 e. The molecule has 1 amide bonds. The quantitative estimate of drug-likeness (QED) is 0.905. The van der Waals surface area contributed by atoms with E-state index in [4.69, 9.17) is 5.26 Å². The average molecular weight is 337 g/mol. The zero-order valence-corrected chi connectivity index (χ0v) is 11.5. The number of nitriles is 1.